The van der Waals surface area contributed by atoms with Gasteiger partial charge in [0.15, 0.2) is 0 Å². The minimum atomic E-state index is -0.455. The Balaban J connectivity index is 4.37. The van der Waals surface area contributed by atoms with E-state index in [1.807, 2.05) is 41.5 Å². The van der Waals surface area contributed by atoms with Gasteiger partial charge in [0.1, 0.15) is 5.60 Å². The number of hydrogen-bond acceptors (Lipinski definition) is 3. The van der Waals surface area contributed by atoms with E-state index < -0.39 is 5.60 Å². The van der Waals surface area contributed by atoms with E-state index in [2.05, 4.69) is 0 Å². The Labute approximate surface area is 99.1 Å². The molecule has 0 radical (unpaired) electrons. The number of carbonyl (C=O) groups excluding carboxylic acids is 1. The minimum absolute atomic E-state index is 0.0254. The number of carbonyl (C=O) groups is 1. The van der Waals surface area contributed by atoms with Crippen LogP contribution in [0.2, 0.25) is 0 Å². The summed E-state index contributed by atoms with van der Waals surface area (Å²) in [6.45, 7) is 12.2. The van der Waals surface area contributed by atoms with Gasteiger partial charge in [0.2, 0.25) is 0 Å². The summed E-state index contributed by atoms with van der Waals surface area (Å²) in [6, 6.07) is 0.0254. The van der Waals surface area contributed by atoms with Gasteiger partial charge in [-0.25, -0.2) is 4.79 Å². The zero-order chi connectivity index (χ0) is 13.1. The molecule has 0 saturated heterocycles. The molecule has 1 amide bonds. The maximum atomic E-state index is 11.7. The SMILES string of the molecule is C[C@H](N)C(C)(C)CN(C)C(=O)OC(C)(C)C. The molecule has 0 aromatic heterocycles. The zero-order valence-corrected chi connectivity index (χ0v) is 11.6. The van der Waals surface area contributed by atoms with Gasteiger partial charge in [-0.2, -0.15) is 0 Å². The van der Waals surface area contributed by atoms with Crippen molar-refractivity contribution in [1.29, 1.82) is 0 Å². The molecule has 0 aliphatic heterocycles. The normalized spacial score (nSPS) is 14.5. The summed E-state index contributed by atoms with van der Waals surface area (Å²) < 4.78 is 5.27. The summed E-state index contributed by atoms with van der Waals surface area (Å²) in [5.74, 6) is 0. The van der Waals surface area contributed by atoms with E-state index in [4.69, 9.17) is 10.5 Å². The molecule has 0 spiro atoms. The Morgan fingerprint density at radius 1 is 1.31 bits per heavy atom. The Morgan fingerprint density at radius 2 is 1.75 bits per heavy atom. The predicted octanol–water partition coefficient (Wildman–Crippen LogP) is 2.23. The first-order chi connectivity index (χ1) is 6.96. The van der Waals surface area contributed by atoms with Crippen LogP contribution in [0.5, 0.6) is 0 Å². The van der Waals surface area contributed by atoms with Crippen molar-refractivity contribution in [1.82, 2.24) is 4.90 Å². The van der Waals surface area contributed by atoms with Gasteiger partial charge in [-0.15, -0.1) is 0 Å². The fourth-order valence-electron chi connectivity index (χ4n) is 1.16. The van der Waals surface area contributed by atoms with E-state index in [-0.39, 0.29) is 17.6 Å². The van der Waals surface area contributed by atoms with Crippen LogP contribution in [0.4, 0.5) is 4.79 Å². The predicted molar refractivity (Wildman–Crippen MR) is 66.3 cm³/mol. The molecule has 0 aromatic carbocycles. The minimum Gasteiger partial charge on any atom is -0.444 e. The molecular formula is C12H26N2O2. The molecule has 2 N–H and O–H groups in total. The van der Waals surface area contributed by atoms with Crippen LogP contribution in [0.3, 0.4) is 0 Å². The summed E-state index contributed by atoms with van der Waals surface area (Å²) in [5.41, 5.74) is 5.29. The molecule has 4 nitrogen and oxygen atoms in total. The lowest BCUT2D eigenvalue weighted by Crippen LogP contribution is -2.46. The van der Waals surface area contributed by atoms with Crippen molar-refractivity contribution in [2.75, 3.05) is 13.6 Å². The number of nitrogens with zero attached hydrogens (tertiary/aromatic N) is 1. The summed E-state index contributed by atoms with van der Waals surface area (Å²) in [4.78, 5) is 13.3. The van der Waals surface area contributed by atoms with Crippen LogP contribution in [0.1, 0.15) is 41.5 Å². The van der Waals surface area contributed by atoms with Crippen LogP contribution in [0, 0.1) is 5.41 Å². The van der Waals surface area contributed by atoms with Crippen molar-refractivity contribution >= 4 is 6.09 Å². The third-order valence-electron chi connectivity index (χ3n) is 2.58. The second kappa shape index (κ2) is 5.04. The van der Waals surface area contributed by atoms with Crippen molar-refractivity contribution in [3.8, 4) is 0 Å². The lowest BCUT2D eigenvalue weighted by Gasteiger charge is -2.34. The maximum Gasteiger partial charge on any atom is 0.410 e. The Hall–Kier alpha value is -0.770. The number of nitrogens with two attached hydrogens (primary N) is 1. The highest BCUT2D eigenvalue weighted by Crippen LogP contribution is 2.21. The fraction of sp³-hybridized carbons (Fsp3) is 0.917. The van der Waals surface area contributed by atoms with Crippen molar-refractivity contribution in [3.05, 3.63) is 0 Å². The summed E-state index contributed by atoms with van der Waals surface area (Å²) in [6.07, 6.45) is -0.304. The third kappa shape index (κ3) is 5.35. The largest absolute Gasteiger partial charge is 0.444 e. The molecule has 0 bridgehead atoms. The Bertz CT molecular complexity index is 242. The molecule has 0 rings (SSSR count). The van der Waals surface area contributed by atoms with E-state index in [0.29, 0.717) is 6.54 Å². The average Bonchev–Trinajstić information content (AvgIpc) is 1.99. The quantitative estimate of drug-likeness (QED) is 0.809. The van der Waals surface area contributed by atoms with Crippen LogP contribution in [0.25, 0.3) is 0 Å². The Morgan fingerprint density at radius 3 is 2.06 bits per heavy atom. The highest BCUT2D eigenvalue weighted by atomic mass is 16.6. The first kappa shape index (κ1) is 15.2. The van der Waals surface area contributed by atoms with E-state index >= 15 is 0 Å². The van der Waals surface area contributed by atoms with Gasteiger partial charge < -0.3 is 15.4 Å². The number of amides is 1. The number of hydrogen-bond donors (Lipinski definition) is 1. The van der Waals surface area contributed by atoms with Crippen molar-refractivity contribution in [2.24, 2.45) is 11.1 Å². The second-order valence-electron chi connectivity index (χ2n) is 6.11. The molecule has 1 atom stereocenters. The van der Waals surface area contributed by atoms with Gasteiger partial charge in [-0.05, 0) is 33.1 Å². The summed E-state index contributed by atoms with van der Waals surface area (Å²) in [7, 11) is 1.73. The van der Waals surface area contributed by atoms with E-state index in [1.165, 1.54) is 0 Å². The van der Waals surface area contributed by atoms with Gasteiger partial charge in [0.05, 0.1) is 0 Å². The van der Waals surface area contributed by atoms with E-state index in [9.17, 15) is 4.79 Å². The molecule has 16 heavy (non-hydrogen) atoms. The van der Waals surface area contributed by atoms with Crippen LogP contribution in [0.15, 0.2) is 0 Å². The number of rotatable bonds is 3. The molecule has 0 aliphatic carbocycles. The first-order valence-corrected chi connectivity index (χ1v) is 5.65. The van der Waals surface area contributed by atoms with Crippen LogP contribution >= 0.6 is 0 Å². The topological polar surface area (TPSA) is 55.6 Å². The lowest BCUT2D eigenvalue weighted by molar-refractivity contribution is 0.0225. The molecule has 0 unspecified atom stereocenters. The maximum absolute atomic E-state index is 11.7. The molecule has 0 aromatic rings. The van der Waals surface area contributed by atoms with Crippen LogP contribution in [-0.2, 0) is 4.74 Å². The monoisotopic (exact) mass is 230 g/mol. The molecule has 0 aliphatic rings. The lowest BCUT2D eigenvalue weighted by atomic mass is 9.85. The van der Waals surface area contributed by atoms with Crippen molar-refractivity contribution in [3.63, 3.8) is 0 Å². The highest BCUT2D eigenvalue weighted by Gasteiger charge is 2.28. The van der Waals surface area contributed by atoms with Gasteiger partial charge in [0, 0.05) is 19.6 Å². The average molecular weight is 230 g/mol. The van der Waals surface area contributed by atoms with Gasteiger partial charge >= 0.3 is 6.09 Å². The molecule has 0 saturated carbocycles. The van der Waals surface area contributed by atoms with Crippen molar-refractivity contribution < 1.29 is 9.53 Å². The fourth-order valence-corrected chi connectivity index (χ4v) is 1.16. The molecule has 4 heteroatoms. The molecule has 0 heterocycles. The van der Waals surface area contributed by atoms with Gasteiger partial charge in [0.25, 0.3) is 0 Å². The highest BCUT2D eigenvalue weighted by molar-refractivity contribution is 5.67. The first-order valence-electron chi connectivity index (χ1n) is 5.65. The summed E-state index contributed by atoms with van der Waals surface area (Å²) in [5, 5.41) is 0. The number of ether oxygens (including phenoxy) is 1. The van der Waals surface area contributed by atoms with E-state index in [1.54, 1.807) is 11.9 Å². The van der Waals surface area contributed by atoms with Gasteiger partial charge in [-0.1, -0.05) is 13.8 Å². The van der Waals surface area contributed by atoms with Crippen LogP contribution in [-0.4, -0.2) is 36.2 Å². The molecular weight excluding hydrogens is 204 g/mol. The molecule has 96 valence electrons. The standard InChI is InChI=1S/C12H26N2O2/c1-9(13)12(5,6)8-14(7)10(15)16-11(2,3)4/h9H,8,13H2,1-7H3/t9-/m0/s1. The Kier molecular flexibility index (Phi) is 4.80. The summed E-state index contributed by atoms with van der Waals surface area (Å²) >= 11 is 0. The molecule has 0 fully saturated rings. The second-order valence-corrected chi connectivity index (χ2v) is 6.11. The van der Waals surface area contributed by atoms with Crippen LogP contribution < -0.4 is 5.73 Å². The van der Waals surface area contributed by atoms with E-state index in [0.717, 1.165) is 0 Å². The third-order valence-corrected chi connectivity index (χ3v) is 2.58. The van der Waals surface area contributed by atoms with Crippen molar-refractivity contribution in [2.45, 2.75) is 53.2 Å². The zero-order valence-electron chi connectivity index (χ0n) is 11.6. The smallest absolute Gasteiger partial charge is 0.410 e. The van der Waals surface area contributed by atoms with Gasteiger partial charge in [-0.3, -0.25) is 0 Å².